The second kappa shape index (κ2) is 3.87. The third kappa shape index (κ3) is 2.02. The van der Waals surface area contributed by atoms with Crippen LogP contribution in [0.4, 0.5) is 0 Å². The number of rotatable bonds is 2. The normalized spacial score (nSPS) is 24.0. The molecule has 1 aliphatic heterocycles. The average Bonchev–Trinajstić information content (AvgIpc) is 2.85. The standard InChI is InChI=1S/C11H14N2O4/c1-7-5-8(17-12-7)9(14)13-4-3-11(2,6-13)10(15)16/h5H,3-4,6H2,1-2H3,(H,15,16). The summed E-state index contributed by atoms with van der Waals surface area (Å²) in [6, 6.07) is 1.55. The number of carbonyl (C=O) groups excluding carboxylic acids is 1. The molecule has 0 aliphatic carbocycles. The highest BCUT2D eigenvalue weighted by molar-refractivity contribution is 5.92. The Kier molecular flexibility index (Phi) is 2.65. The van der Waals surface area contributed by atoms with E-state index in [4.69, 9.17) is 9.63 Å². The number of carboxylic acids is 1. The number of amides is 1. The number of likely N-dealkylation sites (tertiary alicyclic amines) is 1. The molecule has 0 saturated carbocycles. The van der Waals surface area contributed by atoms with Gasteiger partial charge in [0.05, 0.1) is 11.1 Å². The van der Waals surface area contributed by atoms with Crippen molar-refractivity contribution in [3.63, 3.8) is 0 Å². The van der Waals surface area contributed by atoms with E-state index in [0.29, 0.717) is 18.7 Å². The first-order valence-electron chi connectivity index (χ1n) is 5.38. The number of aliphatic carboxylic acids is 1. The Hall–Kier alpha value is -1.85. The van der Waals surface area contributed by atoms with Crippen molar-refractivity contribution in [1.82, 2.24) is 10.1 Å². The van der Waals surface area contributed by atoms with Crippen LogP contribution in [0.2, 0.25) is 0 Å². The van der Waals surface area contributed by atoms with Crippen LogP contribution in [0.1, 0.15) is 29.6 Å². The van der Waals surface area contributed by atoms with Gasteiger partial charge in [-0.25, -0.2) is 0 Å². The van der Waals surface area contributed by atoms with Crippen LogP contribution in [0.25, 0.3) is 0 Å². The number of nitrogens with zero attached hydrogens (tertiary/aromatic N) is 2. The predicted molar refractivity (Wildman–Crippen MR) is 57.5 cm³/mol. The molecule has 6 nitrogen and oxygen atoms in total. The van der Waals surface area contributed by atoms with Crippen LogP contribution in [0.5, 0.6) is 0 Å². The van der Waals surface area contributed by atoms with Crippen LogP contribution in [0.15, 0.2) is 10.6 Å². The van der Waals surface area contributed by atoms with Gasteiger partial charge in [-0.1, -0.05) is 5.16 Å². The van der Waals surface area contributed by atoms with Crippen LogP contribution in [-0.4, -0.2) is 40.1 Å². The molecule has 1 amide bonds. The van der Waals surface area contributed by atoms with E-state index in [-0.39, 0.29) is 18.2 Å². The SMILES string of the molecule is Cc1cc(C(=O)N2CCC(C)(C(=O)O)C2)on1. The second-order valence-electron chi connectivity index (χ2n) is 4.68. The number of hydrogen-bond acceptors (Lipinski definition) is 4. The Morgan fingerprint density at radius 3 is 2.76 bits per heavy atom. The minimum absolute atomic E-state index is 0.164. The van der Waals surface area contributed by atoms with E-state index < -0.39 is 11.4 Å². The van der Waals surface area contributed by atoms with E-state index in [9.17, 15) is 9.59 Å². The first kappa shape index (κ1) is 11.6. The maximum Gasteiger partial charge on any atom is 0.311 e. The minimum atomic E-state index is -0.874. The van der Waals surface area contributed by atoms with Gasteiger partial charge in [-0.2, -0.15) is 0 Å². The van der Waals surface area contributed by atoms with E-state index in [1.165, 1.54) is 4.90 Å². The molecule has 1 fully saturated rings. The van der Waals surface area contributed by atoms with Gasteiger partial charge in [0.15, 0.2) is 0 Å². The summed E-state index contributed by atoms with van der Waals surface area (Å²) in [5, 5.41) is 12.7. The van der Waals surface area contributed by atoms with E-state index >= 15 is 0 Å². The second-order valence-corrected chi connectivity index (χ2v) is 4.68. The van der Waals surface area contributed by atoms with Gasteiger partial charge < -0.3 is 14.5 Å². The van der Waals surface area contributed by atoms with Crippen molar-refractivity contribution >= 4 is 11.9 Å². The number of aryl methyl sites for hydroxylation is 1. The zero-order valence-corrected chi connectivity index (χ0v) is 9.77. The van der Waals surface area contributed by atoms with Crippen LogP contribution in [0.3, 0.4) is 0 Å². The smallest absolute Gasteiger partial charge is 0.311 e. The van der Waals surface area contributed by atoms with Crippen molar-refractivity contribution in [3.05, 3.63) is 17.5 Å². The molecule has 1 aromatic rings. The van der Waals surface area contributed by atoms with Gasteiger partial charge in [0.2, 0.25) is 5.76 Å². The van der Waals surface area contributed by atoms with Crippen LogP contribution in [0, 0.1) is 12.3 Å². The monoisotopic (exact) mass is 238 g/mol. The third-order valence-electron chi connectivity index (χ3n) is 3.12. The summed E-state index contributed by atoms with van der Waals surface area (Å²) in [5.41, 5.74) is -0.224. The lowest BCUT2D eigenvalue weighted by molar-refractivity contribution is -0.147. The summed E-state index contributed by atoms with van der Waals surface area (Å²) in [4.78, 5) is 24.5. The highest BCUT2D eigenvalue weighted by Crippen LogP contribution is 2.30. The Balaban J connectivity index is 2.11. The van der Waals surface area contributed by atoms with E-state index in [1.807, 2.05) is 0 Å². The van der Waals surface area contributed by atoms with Gasteiger partial charge in [0, 0.05) is 19.2 Å². The summed E-state index contributed by atoms with van der Waals surface area (Å²) in [7, 11) is 0. The maximum atomic E-state index is 12.0. The molecule has 1 N–H and O–H groups in total. The highest BCUT2D eigenvalue weighted by Gasteiger charge is 2.42. The molecule has 2 rings (SSSR count). The van der Waals surface area contributed by atoms with Gasteiger partial charge in [-0.15, -0.1) is 0 Å². The Morgan fingerprint density at radius 2 is 2.29 bits per heavy atom. The molecule has 1 saturated heterocycles. The number of carbonyl (C=O) groups is 2. The first-order chi connectivity index (χ1) is 7.92. The molecule has 1 aliphatic rings. The van der Waals surface area contributed by atoms with Gasteiger partial charge in [0.25, 0.3) is 5.91 Å². The zero-order chi connectivity index (χ0) is 12.6. The molecule has 17 heavy (non-hydrogen) atoms. The Morgan fingerprint density at radius 1 is 1.59 bits per heavy atom. The molecule has 0 radical (unpaired) electrons. The lowest BCUT2D eigenvalue weighted by atomic mass is 9.90. The number of aromatic nitrogens is 1. The van der Waals surface area contributed by atoms with Crippen LogP contribution < -0.4 is 0 Å². The minimum Gasteiger partial charge on any atom is -0.481 e. The molecule has 1 atom stereocenters. The Labute approximate surface area is 98.2 Å². The van der Waals surface area contributed by atoms with Crippen molar-refractivity contribution in [2.75, 3.05) is 13.1 Å². The van der Waals surface area contributed by atoms with Gasteiger partial charge in [0.1, 0.15) is 0 Å². The lowest BCUT2D eigenvalue weighted by Gasteiger charge is -2.18. The first-order valence-corrected chi connectivity index (χ1v) is 5.38. The fourth-order valence-electron chi connectivity index (χ4n) is 1.93. The largest absolute Gasteiger partial charge is 0.481 e. The van der Waals surface area contributed by atoms with E-state index in [1.54, 1.807) is 19.9 Å². The highest BCUT2D eigenvalue weighted by atomic mass is 16.5. The summed E-state index contributed by atoms with van der Waals surface area (Å²) in [5.74, 6) is -1.01. The molecule has 0 bridgehead atoms. The van der Waals surface area contributed by atoms with Gasteiger partial charge >= 0.3 is 5.97 Å². The lowest BCUT2D eigenvalue weighted by Crippen LogP contribution is -2.34. The van der Waals surface area contributed by atoms with Gasteiger partial charge in [-0.3, -0.25) is 9.59 Å². The zero-order valence-electron chi connectivity index (χ0n) is 9.77. The molecular formula is C11H14N2O4. The molecule has 1 unspecified atom stereocenters. The molecule has 2 heterocycles. The summed E-state index contributed by atoms with van der Waals surface area (Å²) >= 11 is 0. The summed E-state index contributed by atoms with van der Waals surface area (Å²) < 4.78 is 4.88. The molecular weight excluding hydrogens is 224 g/mol. The van der Waals surface area contributed by atoms with E-state index in [2.05, 4.69) is 5.16 Å². The summed E-state index contributed by atoms with van der Waals surface area (Å²) in [6.07, 6.45) is 0.460. The third-order valence-corrected chi connectivity index (χ3v) is 3.12. The fraction of sp³-hybridized carbons (Fsp3) is 0.545. The molecule has 0 aromatic carbocycles. The van der Waals surface area contributed by atoms with Crippen LogP contribution >= 0.6 is 0 Å². The predicted octanol–water partition coefficient (Wildman–Crippen LogP) is 0.920. The number of hydrogen-bond donors (Lipinski definition) is 1. The molecule has 1 aromatic heterocycles. The van der Waals surface area contributed by atoms with Crippen molar-refractivity contribution < 1.29 is 19.2 Å². The molecule has 0 spiro atoms. The summed E-state index contributed by atoms with van der Waals surface area (Å²) in [6.45, 7) is 4.02. The quantitative estimate of drug-likeness (QED) is 0.828. The topological polar surface area (TPSA) is 83.6 Å². The average molecular weight is 238 g/mol. The molecule has 92 valence electrons. The fourth-order valence-corrected chi connectivity index (χ4v) is 1.93. The van der Waals surface area contributed by atoms with Gasteiger partial charge in [-0.05, 0) is 20.3 Å². The number of carboxylic acid groups (broad SMARTS) is 1. The van der Waals surface area contributed by atoms with E-state index in [0.717, 1.165) is 0 Å². The maximum absolute atomic E-state index is 12.0. The van der Waals surface area contributed by atoms with Crippen LogP contribution in [-0.2, 0) is 4.79 Å². The molecule has 6 heteroatoms. The van der Waals surface area contributed by atoms with Crippen molar-refractivity contribution in [2.24, 2.45) is 5.41 Å². The van der Waals surface area contributed by atoms with Crippen molar-refractivity contribution in [1.29, 1.82) is 0 Å². The van der Waals surface area contributed by atoms with Crippen molar-refractivity contribution in [2.45, 2.75) is 20.3 Å². The van der Waals surface area contributed by atoms with Crippen molar-refractivity contribution in [3.8, 4) is 0 Å². The Bertz CT molecular complexity index is 468.